The molecule has 1 aliphatic heterocycles. The molecule has 0 saturated carbocycles. The Kier molecular flexibility index (Phi) is 9.21. The zero-order valence-electron chi connectivity index (χ0n) is 24.8. The van der Waals surface area contributed by atoms with E-state index in [2.05, 4.69) is 25.2 Å². The number of amides is 3. The van der Waals surface area contributed by atoms with Gasteiger partial charge < -0.3 is 29.5 Å². The number of likely N-dealkylation sites (N-methyl/N-ethyl adjacent to an activating group) is 1. The highest BCUT2D eigenvalue weighted by atomic mass is 16.5. The number of hydrogen-bond acceptors (Lipinski definition) is 4. The smallest absolute Gasteiger partial charge is 0.317 e. The number of benzene rings is 2. The third kappa shape index (κ3) is 5.88. The fraction of sp³-hybridized carbons (Fsp3) is 0.500. The van der Waals surface area contributed by atoms with Crippen LogP contribution in [-0.2, 0) is 18.4 Å². The zero-order chi connectivity index (χ0) is 29.1. The van der Waals surface area contributed by atoms with Crippen LogP contribution in [0, 0.1) is 11.8 Å². The Morgan fingerprint density at radius 2 is 1.80 bits per heavy atom. The molecule has 0 saturated heterocycles. The molecule has 0 fully saturated rings. The lowest BCUT2D eigenvalue weighted by atomic mass is 9.96. The Bertz CT molecular complexity index is 1350. The van der Waals surface area contributed by atoms with Gasteiger partial charge in [-0.1, -0.05) is 63.2 Å². The van der Waals surface area contributed by atoms with Gasteiger partial charge in [-0.25, -0.2) is 4.79 Å². The van der Waals surface area contributed by atoms with Crippen molar-refractivity contribution in [2.75, 3.05) is 26.7 Å². The summed E-state index contributed by atoms with van der Waals surface area (Å²) < 4.78 is 8.56. The summed E-state index contributed by atoms with van der Waals surface area (Å²) in [5.41, 5.74) is 4.37. The maximum Gasteiger partial charge on any atom is 0.317 e. The van der Waals surface area contributed by atoms with Crippen molar-refractivity contribution in [3.05, 3.63) is 59.8 Å². The Morgan fingerprint density at radius 1 is 1.12 bits per heavy atom. The Balaban J connectivity index is 1.79. The van der Waals surface area contributed by atoms with Crippen LogP contribution >= 0.6 is 0 Å². The minimum Gasteiger partial charge on any atom is -0.394 e. The molecule has 8 heteroatoms. The first kappa shape index (κ1) is 29.6. The second kappa shape index (κ2) is 12.4. The molecule has 2 aromatic carbocycles. The van der Waals surface area contributed by atoms with E-state index in [1.165, 1.54) is 0 Å². The molecule has 3 aromatic rings. The topological polar surface area (TPSA) is 87.0 Å². The van der Waals surface area contributed by atoms with Crippen LogP contribution in [0.1, 0.15) is 50.7 Å². The molecule has 0 aliphatic carbocycles. The molecule has 4 rings (SSSR count). The standard InChI is InChI=1S/C32H44N4O4/c1-20(2)23(5)33-32(39)34(6)17-28-21(3)16-36(22(4)18-37)31(38)30-29(25-13-9-8-12-24(25)19-40-28)26-14-10-11-15-27(26)35(30)7/h8-15,20-23,28,37H,16-19H2,1-7H3,(H,33,39)/t21-,22-,23-,28-/m1/s1. The first-order valence-electron chi connectivity index (χ1n) is 14.3. The molecule has 0 radical (unpaired) electrons. The van der Waals surface area contributed by atoms with Gasteiger partial charge in [0, 0.05) is 55.6 Å². The number of aromatic nitrogens is 1. The molecule has 8 nitrogen and oxygen atoms in total. The van der Waals surface area contributed by atoms with Crippen LogP contribution in [0.2, 0.25) is 0 Å². The minimum atomic E-state index is -0.398. The van der Waals surface area contributed by atoms with Crippen LogP contribution in [0.5, 0.6) is 0 Å². The molecule has 0 bridgehead atoms. The van der Waals surface area contributed by atoms with E-state index in [9.17, 15) is 14.7 Å². The van der Waals surface area contributed by atoms with Gasteiger partial charge in [-0.2, -0.15) is 0 Å². The second-order valence-corrected chi connectivity index (χ2v) is 11.6. The molecular formula is C32H44N4O4. The predicted molar refractivity (Wildman–Crippen MR) is 159 cm³/mol. The molecule has 4 atom stereocenters. The number of nitrogens with one attached hydrogen (secondary N) is 1. The van der Waals surface area contributed by atoms with Crippen molar-refractivity contribution in [3.63, 3.8) is 0 Å². The lowest BCUT2D eigenvalue weighted by Crippen LogP contribution is -2.50. The van der Waals surface area contributed by atoms with Crippen molar-refractivity contribution >= 4 is 22.8 Å². The number of aliphatic hydroxyl groups is 1. The van der Waals surface area contributed by atoms with Crippen LogP contribution in [0.4, 0.5) is 4.79 Å². The van der Waals surface area contributed by atoms with Crippen molar-refractivity contribution in [2.24, 2.45) is 18.9 Å². The van der Waals surface area contributed by atoms with E-state index in [4.69, 9.17) is 4.74 Å². The van der Waals surface area contributed by atoms with Crippen LogP contribution in [-0.4, -0.2) is 76.3 Å². The monoisotopic (exact) mass is 548 g/mol. The number of hydrogen-bond donors (Lipinski definition) is 2. The van der Waals surface area contributed by atoms with Crippen molar-refractivity contribution in [2.45, 2.75) is 59.4 Å². The number of para-hydroxylation sites is 1. The zero-order valence-corrected chi connectivity index (χ0v) is 24.8. The summed E-state index contributed by atoms with van der Waals surface area (Å²) in [6.07, 6.45) is -0.336. The summed E-state index contributed by atoms with van der Waals surface area (Å²) in [5, 5.41) is 14.2. The maximum atomic E-state index is 14.4. The summed E-state index contributed by atoms with van der Waals surface area (Å²) in [7, 11) is 3.70. The Labute approximate surface area is 237 Å². The molecule has 40 heavy (non-hydrogen) atoms. The van der Waals surface area contributed by atoms with E-state index in [1.54, 1.807) is 16.8 Å². The van der Waals surface area contributed by atoms with E-state index in [0.29, 0.717) is 31.3 Å². The van der Waals surface area contributed by atoms with Crippen LogP contribution in [0.3, 0.4) is 0 Å². The van der Waals surface area contributed by atoms with Gasteiger partial charge in [0.2, 0.25) is 0 Å². The Morgan fingerprint density at radius 3 is 2.50 bits per heavy atom. The lowest BCUT2D eigenvalue weighted by Gasteiger charge is -2.35. The molecule has 0 spiro atoms. The van der Waals surface area contributed by atoms with Gasteiger partial charge >= 0.3 is 6.03 Å². The minimum absolute atomic E-state index is 0.0413. The highest BCUT2D eigenvalue weighted by Crippen LogP contribution is 2.38. The quantitative estimate of drug-likeness (QED) is 0.459. The summed E-state index contributed by atoms with van der Waals surface area (Å²) in [4.78, 5) is 30.8. The molecule has 2 N–H and O–H groups in total. The van der Waals surface area contributed by atoms with E-state index < -0.39 is 6.04 Å². The number of ether oxygens (including phenoxy) is 1. The molecular weight excluding hydrogens is 504 g/mol. The van der Waals surface area contributed by atoms with Gasteiger partial charge in [0.1, 0.15) is 5.69 Å². The highest BCUT2D eigenvalue weighted by Gasteiger charge is 2.34. The van der Waals surface area contributed by atoms with Gasteiger partial charge in [-0.05, 0) is 37.0 Å². The molecule has 2 heterocycles. The molecule has 3 amide bonds. The summed E-state index contributed by atoms with van der Waals surface area (Å²) in [6.45, 7) is 11.0. The van der Waals surface area contributed by atoms with Crippen molar-refractivity contribution < 1.29 is 19.4 Å². The molecule has 216 valence electrons. The molecule has 0 unspecified atom stereocenters. The number of rotatable bonds is 6. The largest absolute Gasteiger partial charge is 0.394 e. The number of aliphatic hydroxyl groups excluding tert-OH is 1. The number of carbonyl (C=O) groups is 2. The normalized spacial score (nSPS) is 19.5. The lowest BCUT2D eigenvalue weighted by molar-refractivity contribution is -0.0186. The van der Waals surface area contributed by atoms with Crippen molar-refractivity contribution in [3.8, 4) is 11.1 Å². The second-order valence-electron chi connectivity index (χ2n) is 11.6. The fourth-order valence-electron chi connectivity index (χ4n) is 5.35. The van der Waals surface area contributed by atoms with Crippen molar-refractivity contribution in [1.82, 2.24) is 19.7 Å². The number of urea groups is 1. The third-order valence-electron chi connectivity index (χ3n) is 8.38. The SMILES string of the molecule is CC(C)[C@@H](C)NC(=O)N(C)C[C@H]1OCc2ccccc2-c2c(n(C)c3ccccc23)C(=O)N([C@H](C)CO)C[C@H]1C. The van der Waals surface area contributed by atoms with Crippen LogP contribution in [0.15, 0.2) is 48.5 Å². The van der Waals surface area contributed by atoms with Gasteiger partial charge in [0.05, 0.1) is 25.4 Å². The highest BCUT2D eigenvalue weighted by molar-refractivity contribution is 6.10. The number of aryl methyl sites for hydroxylation is 1. The number of fused-ring (bicyclic) bond motifs is 5. The van der Waals surface area contributed by atoms with Gasteiger partial charge in [-0.3, -0.25) is 4.79 Å². The molecule has 1 aliphatic rings. The van der Waals surface area contributed by atoms with Crippen molar-refractivity contribution in [1.29, 1.82) is 0 Å². The third-order valence-corrected chi connectivity index (χ3v) is 8.38. The average molecular weight is 549 g/mol. The van der Waals surface area contributed by atoms with Crippen LogP contribution in [0.25, 0.3) is 22.0 Å². The average Bonchev–Trinajstić information content (AvgIpc) is 3.23. The first-order chi connectivity index (χ1) is 19.0. The number of carbonyl (C=O) groups excluding carboxylic acids is 2. The molecule has 1 aromatic heterocycles. The summed E-state index contributed by atoms with van der Waals surface area (Å²) in [6, 6.07) is 15.6. The van der Waals surface area contributed by atoms with Gasteiger partial charge in [0.15, 0.2) is 0 Å². The fourth-order valence-corrected chi connectivity index (χ4v) is 5.35. The van der Waals surface area contributed by atoms with E-state index in [0.717, 1.165) is 27.6 Å². The van der Waals surface area contributed by atoms with Gasteiger partial charge in [-0.15, -0.1) is 0 Å². The first-order valence-corrected chi connectivity index (χ1v) is 14.3. The van der Waals surface area contributed by atoms with Gasteiger partial charge in [0.25, 0.3) is 5.91 Å². The summed E-state index contributed by atoms with van der Waals surface area (Å²) >= 11 is 0. The predicted octanol–water partition coefficient (Wildman–Crippen LogP) is 4.89. The number of nitrogens with zero attached hydrogens (tertiary/aromatic N) is 3. The Hall–Kier alpha value is -3.36. The van der Waals surface area contributed by atoms with E-state index in [1.807, 2.05) is 74.9 Å². The van der Waals surface area contributed by atoms with E-state index in [-0.39, 0.29) is 36.6 Å². The maximum absolute atomic E-state index is 14.4. The summed E-state index contributed by atoms with van der Waals surface area (Å²) in [5.74, 6) is 0.0761. The van der Waals surface area contributed by atoms with E-state index >= 15 is 0 Å². The van der Waals surface area contributed by atoms with Crippen LogP contribution < -0.4 is 5.32 Å².